The maximum absolute atomic E-state index is 13.6. The van der Waals surface area contributed by atoms with Gasteiger partial charge >= 0.3 is 5.69 Å². The lowest BCUT2D eigenvalue weighted by molar-refractivity contribution is 0.0968. The maximum Gasteiger partial charge on any atom is 0.351 e. The maximum atomic E-state index is 13.6. The van der Waals surface area contributed by atoms with Crippen molar-refractivity contribution in [2.45, 2.75) is 20.1 Å². The summed E-state index contributed by atoms with van der Waals surface area (Å²) in [5.74, 6) is -0.995. The minimum Gasteiger partial charge on any atom is -0.496 e. The molecule has 3 aromatic rings. The van der Waals surface area contributed by atoms with E-state index in [1.54, 1.807) is 6.92 Å². The molecule has 148 valence electrons. The summed E-state index contributed by atoms with van der Waals surface area (Å²) >= 11 is 1.06. The number of nitrogens with zero attached hydrogens (tertiary/aromatic N) is 2. The number of benzene rings is 1. The predicted octanol–water partition coefficient (Wildman–Crippen LogP) is 1.23. The molecule has 0 saturated heterocycles. The van der Waals surface area contributed by atoms with Crippen LogP contribution in [0.25, 0.3) is 10.2 Å². The van der Waals surface area contributed by atoms with Crippen molar-refractivity contribution in [1.29, 1.82) is 0 Å². The highest BCUT2D eigenvalue weighted by atomic mass is 32.1. The Morgan fingerprint density at radius 1 is 1.36 bits per heavy atom. The van der Waals surface area contributed by atoms with E-state index in [1.807, 2.05) is 0 Å². The van der Waals surface area contributed by atoms with E-state index >= 15 is 0 Å². The smallest absolute Gasteiger partial charge is 0.351 e. The number of thiophene rings is 1. The number of halogens is 1. The lowest BCUT2D eigenvalue weighted by atomic mass is 10.1. The Labute approximate surface area is 162 Å². The number of aliphatic hydroxyl groups is 1. The van der Waals surface area contributed by atoms with Gasteiger partial charge < -0.3 is 15.3 Å². The van der Waals surface area contributed by atoms with E-state index in [4.69, 9.17) is 4.74 Å². The summed E-state index contributed by atoms with van der Waals surface area (Å²) < 4.78 is 20.7. The molecule has 0 saturated carbocycles. The van der Waals surface area contributed by atoms with Crippen molar-refractivity contribution in [3.05, 3.63) is 60.9 Å². The van der Waals surface area contributed by atoms with Crippen molar-refractivity contribution in [1.82, 2.24) is 9.24 Å². The van der Waals surface area contributed by atoms with Crippen LogP contribution in [0.4, 0.5) is 4.39 Å². The van der Waals surface area contributed by atoms with Gasteiger partial charge in [-0.25, -0.2) is 9.18 Å². The number of rotatable bonds is 6. The van der Waals surface area contributed by atoms with E-state index in [0.29, 0.717) is 10.4 Å². The first-order valence-corrected chi connectivity index (χ1v) is 9.08. The summed E-state index contributed by atoms with van der Waals surface area (Å²) in [6.45, 7) is 0.935. The molecule has 3 rings (SSSR count). The van der Waals surface area contributed by atoms with E-state index < -0.39 is 29.4 Å². The van der Waals surface area contributed by atoms with Crippen molar-refractivity contribution in [3.8, 4) is 5.75 Å². The van der Waals surface area contributed by atoms with Gasteiger partial charge in [0.15, 0.2) is 5.78 Å². The minimum absolute atomic E-state index is 0.0135. The summed E-state index contributed by atoms with van der Waals surface area (Å²) in [5, 5.41) is 9.77. The molecule has 8 nitrogen and oxygen atoms in total. The second kappa shape index (κ2) is 7.56. The molecule has 0 fully saturated rings. The van der Waals surface area contributed by atoms with E-state index in [1.165, 1.54) is 20.2 Å². The monoisotopic (exact) mass is 407 g/mol. The summed E-state index contributed by atoms with van der Waals surface area (Å²) in [7, 11) is 2.76. The number of aryl methyl sites for hydroxylation is 1. The van der Waals surface area contributed by atoms with Crippen molar-refractivity contribution in [2.24, 2.45) is 0 Å². The Morgan fingerprint density at radius 2 is 2.07 bits per heavy atom. The van der Waals surface area contributed by atoms with Gasteiger partial charge in [-0.2, -0.15) is 4.68 Å². The molecule has 0 atom stereocenters. The molecule has 0 spiro atoms. The number of ketones is 1. The minimum atomic E-state index is -0.741. The van der Waals surface area contributed by atoms with E-state index in [-0.39, 0.29) is 28.1 Å². The lowest BCUT2D eigenvalue weighted by Gasteiger charge is -2.12. The molecule has 1 aromatic carbocycles. The van der Waals surface area contributed by atoms with Crippen LogP contribution in [0.2, 0.25) is 0 Å². The molecule has 0 aliphatic carbocycles. The number of carbonyl (C=O) groups excluding carboxylic acids is 1. The van der Waals surface area contributed by atoms with Gasteiger partial charge in [0, 0.05) is 11.9 Å². The normalized spacial score (nSPS) is 11.0. The van der Waals surface area contributed by atoms with Crippen molar-refractivity contribution < 1.29 is 19.0 Å². The molecule has 0 aliphatic heterocycles. The van der Waals surface area contributed by atoms with Crippen molar-refractivity contribution in [3.63, 3.8) is 0 Å². The van der Waals surface area contributed by atoms with Gasteiger partial charge in [0.1, 0.15) is 16.4 Å². The van der Waals surface area contributed by atoms with Crippen molar-refractivity contribution in [2.75, 3.05) is 19.6 Å². The fourth-order valence-corrected chi connectivity index (χ4v) is 4.16. The molecule has 0 amide bonds. The number of aliphatic hydroxyl groups excluding tert-OH is 1. The van der Waals surface area contributed by atoms with Crippen LogP contribution in [-0.4, -0.2) is 34.3 Å². The number of carbonyl (C=O) groups is 1. The van der Waals surface area contributed by atoms with Gasteiger partial charge in [-0.3, -0.25) is 14.2 Å². The van der Waals surface area contributed by atoms with Crippen LogP contribution < -0.4 is 21.4 Å². The van der Waals surface area contributed by atoms with Crippen LogP contribution in [0.15, 0.2) is 27.8 Å². The molecule has 0 aliphatic rings. The number of fused-ring (bicyclic) bond motifs is 1. The number of aromatic nitrogens is 2. The third-order valence-corrected chi connectivity index (χ3v) is 5.74. The molecule has 28 heavy (non-hydrogen) atoms. The molecule has 2 aromatic heterocycles. The first kappa shape index (κ1) is 19.8. The van der Waals surface area contributed by atoms with E-state index in [2.05, 4.69) is 5.43 Å². The van der Waals surface area contributed by atoms with Crippen LogP contribution >= 0.6 is 11.3 Å². The number of Topliss-reactive ketones (excluding diaryl/α,β-unsaturated/α-hetero) is 1. The molecule has 10 heteroatoms. The third kappa shape index (κ3) is 3.10. The molecule has 0 bridgehead atoms. The largest absolute Gasteiger partial charge is 0.496 e. The molecule has 0 radical (unpaired) electrons. The van der Waals surface area contributed by atoms with Crippen molar-refractivity contribution >= 4 is 27.3 Å². The molecule has 0 unspecified atom stereocenters. The quantitative estimate of drug-likeness (QED) is 0.596. The third-order valence-electron chi connectivity index (χ3n) is 4.44. The van der Waals surface area contributed by atoms with Gasteiger partial charge in [-0.15, -0.1) is 11.3 Å². The zero-order chi connectivity index (χ0) is 20.6. The fourth-order valence-electron chi connectivity index (χ4n) is 3.01. The Kier molecular flexibility index (Phi) is 5.34. The molecular weight excluding hydrogens is 389 g/mol. The van der Waals surface area contributed by atoms with Gasteiger partial charge in [-0.1, -0.05) is 0 Å². The van der Waals surface area contributed by atoms with Gasteiger partial charge in [-0.05, 0) is 30.7 Å². The molecular formula is C18H18FN3O5S. The van der Waals surface area contributed by atoms with Gasteiger partial charge in [0.2, 0.25) is 0 Å². The van der Waals surface area contributed by atoms with E-state index in [0.717, 1.165) is 32.7 Å². The van der Waals surface area contributed by atoms with Crippen LogP contribution in [0.5, 0.6) is 5.75 Å². The second-order valence-corrected chi connectivity index (χ2v) is 7.07. The summed E-state index contributed by atoms with van der Waals surface area (Å²) in [6, 6.07) is 3.53. The topological polar surface area (TPSA) is 103 Å². The Bertz CT molecular complexity index is 1190. The summed E-state index contributed by atoms with van der Waals surface area (Å²) in [6.07, 6.45) is 0. The SMILES string of the molecule is CNn1c(=O)c2c(C)c(CO)sc2n(CC(=O)c2cc(F)ccc2OC)c1=O. The predicted molar refractivity (Wildman–Crippen MR) is 104 cm³/mol. The Balaban J connectivity index is 2.24. The van der Waals surface area contributed by atoms with Crippen LogP contribution in [0.1, 0.15) is 20.8 Å². The molecule has 2 heterocycles. The standard InChI is InChI=1S/C18H18FN3O5S/c1-9-14(8-23)28-17-15(9)16(25)22(20-2)18(26)21(17)7-12(24)11-6-10(19)4-5-13(11)27-3/h4-6,20,23H,7-8H2,1-3H3. The van der Waals surface area contributed by atoms with Crippen LogP contribution in [0, 0.1) is 12.7 Å². The Morgan fingerprint density at radius 3 is 2.68 bits per heavy atom. The first-order chi connectivity index (χ1) is 13.3. The average Bonchev–Trinajstić information content (AvgIpc) is 3.01. The van der Waals surface area contributed by atoms with Crippen LogP contribution in [0.3, 0.4) is 0 Å². The number of hydrogen-bond acceptors (Lipinski definition) is 7. The van der Waals surface area contributed by atoms with Gasteiger partial charge in [0.25, 0.3) is 5.56 Å². The lowest BCUT2D eigenvalue weighted by Crippen LogP contribution is -2.44. The number of nitrogens with one attached hydrogen (secondary N) is 1. The highest BCUT2D eigenvalue weighted by molar-refractivity contribution is 7.18. The Hall–Kier alpha value is -2.98. The second-order valence-electron chi connectivity index (χ2n) is 5.99. The highest BCUT2D eigenvalue weighted by Gasteiger charge is 2.22. The number of hydrogen-bond donors (Lipinski definition) is 2. The zero-order valence-corrected chi connectivity index (χ0v) is 16.2. The number of methoxy groups -OCH3 is 1. The fraction of sp³-hybridized carbons (Fsp3) is 0.278. The summed E-state index contributed by atoms with van der Waals surface area (Å²) in [5.41, 5.74) is 1.73. The van der Waals surface area contributed by atoms with Gasteiger partial charge in [0.05, 0.1) is 31.2 Å². The van der Waals surface area contributed by atoms with Crippen LogP contribution in [-0.2, 0) is 13.2 Å². The molecule has 2 N–H and O–H groups in total. The number of ether oxygens (including phenoxy) is 1. The first-order valence-electron chi connectivity index (χ1n) is 8.27. The zero-order valence-electron chi connectivity index (χ0n) is 15.4. The summed E-state index contributed by atoms with van der Waals surface area (Å²) in [4.78, 5) is 39.0. The highest BCUT2D eigenvalue weighted by Crippen LogP contribution is 2.28. The van der Waals surface area contributed by atoms with E-state index in [9.17, 15) is 23.9 Å². The average molecular weight is 407 g/mol.